The van der Waals surface area contributed by atoms with Crippen LogP contribution in [0.3, 0.4) is 0 Å². The molecule has 0 saturated carbocycles. The highest BCUT2D eigenvalue weighted by molar-refractivity contribution is 5.80. The quantitative estimate of drug-likeness (QED) is 0.840. The Morgan fingerprint density at radius 2 is 1.59 bits per heavy atom. The fourth-order valence-corrected chi connectivity index (χ4v) is 2.97. The summed E-state index contributed by atoms with van der Waals surface area (Å²) >= 11 is 0. The Bertz CT molecular complexity index is 754. The van der Waals surface area contributed by atoms with Crippen molar-refractivity contribution >= 4 is 5.91 Å². The number of rotatable bonds is 2. The summed E-state index contributed by atoms with van der Waals surface area (Å²) in [5.41, 5.74) is 9.13. The average Bonchev–Trinajstić information content (AvgIpc) is 2.79. The van der Waals surface area contributed by atoms with Gasteiger partial charge in [-0.25, -0.2) is 0 Å². The highest BCUT2D eigenvalue weighted by atomic mass is 16.5. The molecule has 0 aromatic heterocycles. The molecule has 6 heteroatoms. The van der Waals surface area contributed by atoms with E-state index < -0.39 is 0 Å². The molecular weight excluding hydrogens is 346 g/mol. The molecule has 148 valence electrons. The number of carbonyl (C=O) groups is 1. The maximum Gasteiger partial charge on any atom is 0.214 e. The van der Waals surface area contributed by atoms with Gasteiger partial charge in [-0.3, -0.25) is 4.79 Å². The Balaban J connectivity index is 0.000000453. The second-order valence-electron chi connectivity index (χ2n) is 6.05. The summed E-state index contributed by atoms with van der Waals surface area (Å²) in [6, 6.07) is 9.62. The van der Waals surface area contributed by atoms with Crippen molar-refractivity contribution in [3.63, 3.8) is 0 Å². The van der Waals surface area contributed by atoms with Gasteiger partial charge in [-0.2, -0.15) is 0 Å². The summed E-state index contributed by atoms with van der Waals surface area (Å²) in [6.07, 6.45) is 3.04. The van der Waals surface area contributed by atoms with Crippen molar-refractivity contribution in [3.05, 3.63) is 41.5 Å². The minimum atomic E-state index is -0.333. The first-order valence-electron chi connectivity index (χ1n) is 8.61. The molecule has 0 spiro atoms. The molecule has 0 heterocycles. The van der Waals surface area contributed by atoms with Crippen LogP contribution in [0.5, 0.6) is 17.2 Å². The molecule has 0 aliphatic heterocycles. The van der Waals surface area contributed by atoms with E-state index in [1.165, 1.54) is 12.5 Å². The standard InChI is InChI=1S/C17H18O3.C2H5NO.C2H6O/c1-19-15-9-6-11-4-3-5-12-10-13(18)7-8-14(12)16(11)17(15)20-2;1-2(3)4;1-3-2/h6-10,18H,3-5H2,1-2H3;1H3,(H2,3,4);1-2H3. The lowest BCUT2D eigenvalue weighted by Crippen LogP contribution is -2.01. The number of amides is 1. The molecule has 6 nitrogen and oxygen atoms in total. The summed E-state index contributed by atoms with van der Waals surface area (Å²) in [5, 5.41) is 9.70. The van der Waals surface area contributed by atoms with Crippen LogP contribution in [0.4, 0.5) is 0 Å². The van der Waals surface area contributed by atoms with Crippen molar-refractivity contribution in [3.8, 4) is 28.4 Å². The summed E-state index contributed by atoms with van der Waals surface area (Å²) < 4.78 is 15.2. The molecule has 1 aliphatic carbocycles. The van der Waals surface area contributed by atoms with Crippen LogP contribution in [-0.4, -0.2) is 39.5 Å². The van der Waals surface area contributed by atoms with Gasteiger partial charge in [0.15, 0.2) is 11.5 Å². The van der Waals surface area contributed by atoms with Crippen molar-refractivity contribution in [1.29, 1.82) is 0 Å². The zero-order valence-corrected chi connectivity index (χ0v) is 16.7. The lowest BCUT2D eigenvalue weighted by molar-refractivity contribution is -0.115. The van der Waals surface area contributed by atoms with Crippen molar-refractivity contribution in [1.82, 2.24) is 0 Å². The third kappa shape index (κ3) is 6.18. The number of phenols is 1. The Morgan fingerprint density at radius 3 is 2.15 bits per heavy atom. The minimum Gasteiger partial charge on any atom is -0.508 e. The van der Waals surface area contributed by atoms with Gasteiger partial charge in [0, 0.05) is 26.7 Å². The number of fused-ring (bicyclic) bond motifs is 3. The smallest absolute Gasteiger partial charge is 0.214 e. The lowest BCUT2D eigenvalue weighted by Gasteiger charge is -2.17. The Labute approximate surface area is 160 Å². The molecule has 3 rings (SSSR count). The molecule has 2 aromatic rings. The van der Waals surface area contributed by atoms with Gasteiger partial charge in [-0.1, -0.05) is 12.1 Å². The van der Waals surface area contributed by atoms with E-state index in [4.69, 9.17) is 9.47 Å². The Hall–Kier alpha value is -2.73. The van der Waals surface area contributed by atoms with Crippen LogP contribution in [0.25, 0.3) is 11.1 Å². The third-order valence-electron chi connectivity index (χ3n) is 3.88. The molecule has 0 unspecified atom stereocenters. The summed E-state index contributed by atoms with van der Waals surface area (Å²) in [5.74, 6) is 1.50. The zero-order valence-electron chi connectivity index (χ0n) is 16.7. The van der Waals surface area contributed by atoms with Gasteiger partial charge in [-0.15, -0.1) is 0 Å². The van der Waals surface area contributed by atoms with Gasteiger partial charge < -0.3 is 25.1 Å². The molecule has 1 aliphatic rings. The van der Waals surface area contributed by atoms with E-state index in [-0.39, 0.29) is 5.91 Å². The van der Waals surface area contributed by atoms with Crippen LogP contribution in [0.1, 0.15) is 24.5 Å². The average molecular weight is 375 g/mol. The lowest BCUT2D eigenvalue weighted by atomic mass is 9.95. The van der Waals surface area contributed by atoms with E-state index in [1.54, 1.807) is 34.5 Å². The first-order valence-corrected chi connectivity index (χ1v) is 8.61. The number of aromatic hydroxyl groups is 1. The molecule has 1 amide bonds. The van der Waals surface area contributed by atoms with Gasteiger partial charge in [0.2, 0.25) is 5.91 Å². The van der Waals surface area contributed by atoms with Crippen LogP contribution >= 0.6 is 0 Å². The Kier molecular flexibility index (Phi) is 9.16. The predicted octanol–water partition coefficient (Wildman–Crippen LogP) is 3.32. The van der Waals surface area contributed by atoms with Crippen molar-refractivity contribution < 1.29 is 24.1 Å². The number of benzene rings is 2. The predicted molar refractivity (Wildman–Crippen MR) is 106 cm³/mol. The number of nitrogens with two attached hydrogens (primary N) is 1. The highest BCUT2D eigenvalue weighted by Gasteiger charge is 2.21. The van der Waals surface area contributed by atoms with Gasteiger partial charge in [-0.05, 0) is 54.2 Å². The molecule has 0 radical (unpaired) electrons. The van der Waals surface area contributed by atoms with Crippen molar-refractivity contribution in [2.75, 3.05) is 28.4 Å². The first kappa shape index (κ1) is 22.3. The molecule has 0 saturated heterocycles. The van der Waals surface area contributed by atoms with E-state index in [1.807, 2.05) is 18.2 Å². The van der Waals surface area contributed by atoms with Gasteiger partial charge >= 0.3 is 0 Å². The maximum atomic E-state index is 9.70. The normalized spacial score (nSPS) is 11.3. The molecule has 0 fully saturated rings. The number of carbonyl (C=O) groups excluding carboxylic acids is 1. The maximum absolute atomic E-state index is 9.70. The van der Waals surface area contributed by atoms with E-state index >= 15 is 0 Å². The fraction of sp³-hybridized carbons (Fsp3) is 0.381. The SMILES string of the molecule is CC(N)=O.COC.COc1ccc2c(c1OC)-c1ccc(O)cc1CCC2. The number of ether oxygens (including phenoxy) is 3. The Morgan fingerprint density at radius 1 is 1.00 bits per heavy atom. The fourth-order valence-electron chi connectivity index (χ4n) is 2.97. The molecule has 0 bridgehead atoms. The molecule has 0 atom stereocenters. The zero-order chi connectivity index (χ0) is 20.4. The second kappa shape index (κ2) is 11.1. The summed E-state index contributed by atoms with van der Waals surface area (Å²) in [4.78, 5) is 9.22. The second-order valence-corrected chi connectivity index (χ2v) is 6.05. The van der Waals surface area contributed by atoms with E-state index in [9.17, 15) is 9.90 Å². The monoisotopic (exact) mass is 375 g/mol. The number of primary amides is 1. The molecular formula is C21H29NO5. The molecule has 3 N–H and O–H groups in total. The largest absolute Gasteiger partial charge is 0.508 e. The van der Waals surface area contributed by atoms with Crippen molar-refractivity contribution in [2.45, 2.75) is 26.2 Å². The highest BCUT2D eigenvalue weighted by Crippen LogP contribution is 2.44. The van der Waals surface area contributed by atoms with Crippen LogP contribution in [0.15, 0.2) is 30.3 Å². The minimum absolute atomic E-state index is 0.314. The number of hydrogen-bond donors (Lipinski definition) is 2. The van der Waals surface area contributed by atoms with Crippen LogP contribution in [0, 0.1) is 0 Å². The number of aryl methyl sites for hydroxylation is 2. The number of phenolic OH excluding ortho intramolecular Hbond substituents is 1. The van der Waals surface area contributed by atoms with E-state index in [0.717, 1.165) is 47.5 Å². The number of methoxy groups -OCH3 is 3. The first-order chi connectivity index (χ1) is 12.9. The summed E-state index contributed by atoms with van der Waals surface area (Å²) in [7, 11) is 6.57. The van der Waals surface area contributed by atoms with Gasteiger partial charge in [0.05, 0.1) is 14.2 Å². The van der Waals surface area contributed by atoms with E-state index in [0.29, 0.717) is 5.75 Å². The molecule has 2 aromatic carbocycles. The third-order valence-corrected chi connectivity index (χ3v) is 3.88. The van der Waals surface area contributed by atoms with Gasteiger partial charge in [0.25, 0.3) is 0 Å². The van der Waals surface area contributed by atoms with Crippen LogP contribution in [0.2, 0.25) is 0 Å². The van der Waals surface area contributed by atoms with E-state index in [2.05, 4.69) is 16.5 Å². The molecule has 27 heavy (non-hydrogen) atoms. The topological polar surface area (TPSA) is 91.0 Å². The number of hydrogen-bond acceptors (Lipinski definition) is 5. The van der Waals surface area contributed by atoms with Crippen LogP contribution < -0.4 is 15.2 Å². The van der Waals surface area contributed by atoms with Crippen LogP contribution in [-0.2, 0) is 22.4 Å². The van der Waals surface area contributed by atoms with Crippen molar-refractivity contribution in [2.24, 2.45) is 5.73 Å². The van der Waals surface area contributed by atoms with Gasteiger partial charge in [0.1, 0.15) is 5.75 Å². The summed E-state index contributed by atoms with van der Waals surface area (Å²) in [6.45, 7) is 1.31.